The zero-order valence-corrected chi connectivity index (χ0v) is 24.6. The maximum Gasteiger partial charge on any atom is 0.414 e. The van der Waals surface area contributed by atoms with Crippen LogP contribution in [-0.2, 0) is 30.4 Å². The van der Waals surface area contributed by atoms with E-state index in [1.54, 1.807) is 61.2 Å². The van der Waals surface area contributed by atoms with Gasteiger partial charge in [-0.25, -0.2) is 13.9 Å². The molecule has 0 aliphatic carbocycles. The van der Waals surface area contributed by atoms with Gasteiger partial charge in [0.1, 0.15) is 24.2 Å². The normalized spacial score (nSPS) is 17.8. The Balaban J connectivity index is 1.10. The van der Waals surface area contributed by atoms with Crippen LogP contribution in [0.4, 0.5) is 14.9 Å². The van der Waals surface area contributed by atoms with Crippen LogP contribution in [0.5, 0.6) is 0 Å². The van der Waals surface area contributed by atoms with E-state index in [0.717, 1.165) is 0 Å². The molecule has 5 rings (SSSR count). The fourth-order valence-corrected chi connectivity index (χ4v) is 4.70. The van der Waals surface area contributed by atoms with E-state index in [1.807, 2.05) is 0 Å². The van der Waals surface area contributed by atoms with Crippen LogP contribution in [-0.4, -0.2) is 113 Å². The maximum absolute atomic E-state index is 15.2. The Kier molecular flexibility index (Phi) is 9.43. The molecular weight excluding hydrogens is 575 g/mol. The lowest BCUT2D eigenvalue weighted by molar-refractivity contribution is -0.148. The third-order valence-electron chi connectivity index (χ3n) is 7.06. The second-order valence-corrected chi connectivity index (χ2v) is 10.8. The fourth-order valence-electron chi connectivity index (χ4n) is 4.70. The van der Waals surface area contributed by atoms with E-state index in [0.29, 0.717) is 41.2 Å². The quantitative estimate of drug-likeness (QED) is 0.280. The molecule has 2 aromatic heterocycles. The topological polar surface area (TPSA) is 145 Å². The largest absolute Gasteiger partial charge is 0.462 e. The van der Waals surface area contributed by atoms with Gasteiger partial charge in [0.15, 0.2) is 6.10 Å². The van der Waals surface area contributed by atoms with Gasteiger partial charge in [-0.1, -0.05) is 16.4 Å². The van der Waals surface area contributed by atoms with Crippen molar-refractivity contribution < 1.29 is 33.1 Å². The molecule has 4 heterocycles. The number of likely N-dealkylation sites (N-methyl/N-ethyl adjacent to an activating group) is 2. The molecule has 15 heteroatoms. The number of pyridine rings is 1. The highest BCUT2D eigenvalue weighted by atomic mass is 19.1. The molecule has 0 radical (unpaired) electrons. The summed E-state index contributed by atoms with van der Waals surface area (Å²) in [4.78, 5) is 51.0. The smallest absolute Gasteiger partial charge is 0.414 e. The van der Waals surface area contributed by atoms with Crippen LogP contribution in [0.1, 0.15) is 18.5 Å². The molecular formula is C29H33FN8O6. The monoisotopic (exact) mass is 608 g/mol. The summed E-state index contributed by atoms with van der Waals surface area (Å²) in [7, 11) is 5.25. The molecule has 14 nitrogen and oxygen atoms in total. The molecule has 2 atom stereocenters. The van der Waals surface area contributed by atoms with E-state index in [4.69, 9.17) is 14.3 Å². The molecule has 3 aromatic rings. The van der Waals surface area contributed by atoms with Crippen molar-refractivity contribution in [3.05, 3.63) is 60.4 Å². The number of nitrogens with zero attached hydrogens (tertiary/aromatic N) is 8. The number of cyclic esters (lactones) is 1. The number of ether oxygens (including phenoxy) is 2. The summed E-state index contributed by atoms with van der Waals surface area (Å²) >= 11 is 0. The molecule has 1 aromatic carbocycles. The number of carbonyl (C=O) groups excluding carboxylic acids is 3. The Hall–Kier alpha value is -4.92. The lowest BCUT2D eigenvalue weighted by Crippen LogP contribution is -2.36. The third-order valence-corrected chi connectivity index (χ3v) is 7.06. The second-order valence-electron chi connectivity index (χ2n) is 10.8. The number of carbonyl (C=O) groups is 3. The molecule has 0 bridgehead atoms. The molecule has 232 valence electrons. The summed E-state index contributed by atoms with van der Waals surface area (Å²) in [5.74, 6) is -1.03. The summed E-state index contributed by atoms with van der Waals surface area (Å²) in [6, 6.07) is 7.99. The van der Waals surface area contributed by atoms with Crippen molar-refractivity contribution in [2.24, 2.45) is 5.16 Å². The summed E-state index contributed by atoms with van der Waals surface area (Å²) in [6.45, 7) is 1.15. The Labute approximate surface area is 253 Å². The van der Waals surface area contributed by atoms with Crippen molar-refractivity contribution in [2.75, 3.05) is 52.3 Å². The van der Waals surface area contributed by atoms with Crippen LogP contribution < -0.4 is 4.90 Å². The van der Waals surface area contributed by atoms with Gasteiger partial charge in [0.25, 0.3) is 0 Å². The van der Waals surface area contributed by atoms with Gasteiger partial charge in [0, 0.05) is 43.5 Å². The van der Waals surface area contributed by atoms with Gasteiger partial charge in [0.2, 0.25) is 5.91 Å². The number of hydrogen-bond acceptors (Lipinski definition) is 11. The summed E-state index contributed by atoms with van der Waals surface area (Å²) < 4.78 is 27.4. The van der Waals surface area contributed by atoms with Crippen molar-refractivity contribution in [2.45, 2.75) is 31.6 Å². The third kappa shape index (κ3) is 7.53. The molecule has 2 amide bonds. The number of amides is 2. The lowest BCUT2D eigenvalue weighted by atomic mass is 10.0. The number of anilines is 1. The molecule has 0 spiro atoms. The Morgan fingerprint density at radius 1 is 1.16 bits per heavy atom. The van der Waals surface area contributed by atoms with Crippen molar-refractivity contribution >= 4 is 29.4 Å². The number of aromatic nitrogens is 4. The molecule has 0 N–H and O–H groups in total. The van der Waals surface area contributed by atoms with Gasteiger partial charge >= 0.3 is 12.1 Å². The SMILES string of the molecule is CN(C)CC(=O)N(C)CCC(=O)OC[C@@H]1CC(c2ccc(-c3ccc(N4C[C@H](Cn5ccnn5)OC4=O)cc3F)cn2)=NO1. The summed E-state index contributed by atoms with van der Waals surface area (Å²) in [6.07, 6.45) is 3.76. The van der Waals surface area contributed by atoms with Crippen molar-refractivity contribution in [3.8, 4) is 11.1 Å². The average molecular weight is 609 g/mol. The predicted octanol–water partition coefficient (Wildman–Crippen LogP) is 1.95. The molecule has 1 saturated heterocycles. The number of hydrogen-bond donors (Lipinski definition) is 0. The molecule has 2 aliphatic heterocycles. The molecule has 0 saturated carbocycles. The minimum Gasteiger partial charge on any atom is -0.462 e. The van der Waals surface area contributed by atoms with Crippen molar-refractivity contribution in [3.63, 3.8) is 0 Å². The van der Waals surface area contributed by atoms with Gasteiger partial charge in [-0.15, -0.1) is 5.10 Å². The van der Waals surface area contributed by atoms with Crippen molar-refractivity contribution in [1.82, 2.24) is 29.8 Å². The fraction of sp³-hybridized carbons (Fsp3) is 0.414. The number of oxime groups is 1. The van der Waals surface area contributed by atoms with E-state index in [1.165, 1.54) is 28.3 Å². The molecule has 2 aliphatic rings. The number of esters is 1. The number of benzene rings is 1. The van der Waals surface area contributed by atoms with E-state index in [2.05, 4.69) is 20.5 Å². The van der Waals surface area contributed by atoms with Gasteiger partial charge in [-0.05, 0) is 38.4 Å². The van der Waals surface area contributed by atoms with Crippen LogP contribution in [0, 0.1) is 5.82 Å². The summed E-state index contributed by atoms with van der Waals surface area (Å²) in [5, 5.41) is 11.7. The first-order valence-electron chi connectivity index (χ1n) is 14.0. The van der Waals surface area contributed by atoms with Crippen LogP contribution in [0.25, 0.3) is 11.1 Å². The van der Waals surface area contributed by atoms with Gasteiger partial charge < -0.3 is 24.1 Å². The van der Waals surface area contributed by atoms with E-state index >= 15 is 4.39 Å². The predicted molar refractivity (Wildman–Crippen MR) is 155 cm³/mol. The van der Waals surface area contributed by atoms with Crippen LogP contribution >= 0.6 is 0 Å². The average Bonchev–Trinajstić information content (AvgIpc) is 3.77. The molecule has 0 unspecified atom stereocenters. The van der Waals surface area contributed by atoms with Gasteiger partial charge in [0.05, 0.1) is 43.6 Å². The Morgan fingerprint density at radius 2 is 2.00 bits per heavy atom. The van der Waals surface area contributed by atoms with Crippen LogP contribution in [0.3, 0.4) is 0 Å². The summed E-state index contributed by atoms with van der Waals surface area (Å²) in [5.41, 5.74) is 2.39. The van der Waals surface area contributed by atoms with Crippen molar-refractivity contribution in [1.29, 1.82) is 0 Å². The highest BCUT2D eigenvalue weighted by Gasteiger charge is 2.33. The zero-order chi connectivity index (χ0) is 31.2. The molecule has 1 fully saturated rings. The Morgan fingerprint density at radius 3 is 2.70 bits per heavy atom. The van der Waals surface area contributed by atoms with Crippen LogP contribution in [0.2, 0.25) is 0 Å². The maximum atomic E-state index is 15.2. The lowest BCUT2D eigenvalue weighted by Gasteiger charge is -2.19. The first kappa shape index (κ1) is 30.5. The van der Waals surface area contributed by atoms with Crippen LogP contribution in [0.15, 0.2) is 54.1 Å². The first-order chi connectivity index (χ1) is 21.2. The number of rotatable bonds is 12. The highest BCUT2D eigenvalue weighted by molar-refractivity contribution is 5.99. The zero-order valence-electron chi connectivity index (χ0n) is 24.6. The number of halogens is 1. The minimum atomic E-state index is -0.555. The highest BCUT2D eigenvalue weighted by Crippen LogP contribution is 2.29. The first-order valence-corrected chi connectivity index (χ1v) is 14.0. The van der Waals surface area contributed by atoms with Gasteiger partial charge in [-0.3, -0.25) is 19.5 Å². The molecule has 44 heavy (non-hydrogen) atoms. The Bertz CT molecular complexity index is 1510. The van der Waals surface area contributed by atoms with E-state index < -0.39 is 30.1 Å². The van der Waals surface area contributed by atoms with E-state index in [9.17, 15) is 14.4 Å². The second kappa shape index (κ2) is 13.6. The van der Waals surface area contributed by atoms with Gasteiger partial charge in [-0.2, -0.15) is 0 Å². The van der Waals surface area contributed by atoms with E-state index in [-0.39, 0.29) is 38.6 Å². The standard InChI is InChI=1S/C29H33FN8O6/c1-35(2)17-27(39)36(3)10-8-28(40)42-18-21-13-26(33-44-21)25-7-4-19(14-31-25)23-6-5-20(12-24(23)30)38-16-22(43-29(38)41)15-37-11-9-32-34-37/h4-7,9,11-12,14,21-22H,8,10,13,15-18H2,1-3H3/t21-,22-/m0/s1. The minimum absolute atomic E-state index is 0.0165.